The standard InChI is InChI=1S/C28H20N2/c29-25-15-4-1-9-21(25)19-12-7-14-22-20(19)13-8-18-28(22)30-26-16-5-2-10-23(26)24-11-3-6-17-27(24)30/h1-18H,29H2. The number of aromatic nitrogens is 1. The molecular formula is C28H20N2. The Morgan fingerprint density at radius 2 is 0.967 bits per heavy atom. The van der Waals surface area contributed by atoms with Crippen LogP contribution in [0, 0.1) is 0 Å². The summed E-state index contributed by atoms with van der Waals surface area (Å²) in [5.74, 6) is 0. The van der Waals surface area contributed by atoms with Crippen molar-refractivity contribution in [2.45, 2.75) is 0 Å². The first kappa shape index (κ1) is 16.9. The highest BCUT2D eigenvalue weighted by Crippen LogP contribution is 2.38. The molecule has 0 aliphatic carbocycles. The van der Waals surface area contributed by atoms with Crippen LogP contribution >= 0.6 is 0 Å². The topological polar surface area (TPSA) is 30.9 Å². The SMILES string of the molecule is Nc1ccccc1-c1cccc2c(-n3c4ccccc4c4ccccc43)cccc12. The van der Waals surface area contributed by atoms with Crippen LogP contribution < -0.4 is 5.73 Å². The van der Waals surface area contributed by atoms with Crippen molar-refractivity contribution >= 4 is 38.3 Å². The minimum Gasteiger partial charge on any atom is -0.398 e. The molecule has 2 heteroatoms. The lowest BCUT2D eigenvalue weighted by molar-refractivity contribution is 1.20. The van der Waals surface area contributed by atoms with E-state index in [0.717, 1.165) is 16.8 Å². The van der Waals surface area contributed by atoms with Crippen LogP contribution in [0.1, 0.15) is 0 Å². The fraction of sp³-hybridized carbons (Fsp3) is 0. The number of nitrogens with two attached hydrogens (primary N) is 1. The zero-order valence-corrected chi connectivity index (χ0v) is 16.4. The van der Waals surface area contributed by atoms with Gasteiger partial charge in [0, 0.05) is 27.4 Å². The first-order valence-electron chi connectivity index (χ1n) is 10.2. The first-order valence-corrected chi connectivity index (χ1v) is 10.2. The molecule has 0 amide bonds. The third kappa shape index (κ3) is 2.37. The fourth-order valence-electron chi connectivity index (χ4n) is 4.65. The number of nitrogen functional groups attached to an aromatic ring is 1. The summed E-state index contributed by atoms with van der Waals surface area (Å²) < 4.78 is 2.38. The van der Waals surface area contributed by atoms with Gasteiger partial charge in [-0.3, -0.25) is 0 Å². The normalized spacial score (nSPS) is 11.5. The van der Waals surface area contributed by atoms with Gasteiger partial charge in [-0.15, -0.1) is 0 Å². The van der Waals surface area contributed by atoms with Crippen molar-refractivity contribution in [2.24, 2.45) is 0 Å². The third-order valence-electron chi connectivity index (χ3n) is 5.97. The average molecular weight is 384 g/mol. The second kappa shape index (κ2) is 6.50. The van der Waals surface area contributed by atoms with E-state index in [-0.39, 0.29) is 0 Å². The highest BCUT2D eigenvalue weighted by Gasteiger charge is 2.15. The Kier molecular flexibility index (Phi) is 3.65. The van der Waals surface area contributed by atoms with Gasteiger partial charge in [-0.1, -0.05) is 84.9 Å². The average Bonchev–Trinajstić information content (AvgIpc) is 3.13. The zero-order chi connectivity index (χ0) is 20.1. The molecule has 0 bridgehead atoms. The van der Waals surface area contributed by atoms with Gasteiger partial charge in [0.2, 0.25) is 0 Å². The molecule has 0 saturated heterocycles. The summed E-state index contributed by atoms with van der Waals surface area (Å²) in [5, 5.41) is 4.96. The first-order chi connectivity index (χ1) is 14.8. The number of hydrogen-bond acceptors (Lipinski definition) is 1. The molecule has 0 aliphatic rings. The molecule has 0 spiro atoms. The van der Waals surface area contributed by atoms with E-state index in [1.165, 1.54) is 38.3 Å². The number of para-hydroxylation sites is 3. The highest BCUT2D eigenvalue weighted by atomic mass is 15.0. The molecule has 6 aromatic rings. The zero-order valence-electron chi connectivity index (χ0n) is 16.4. The van der Waals surface area contributed by atoms with Gasteiger partial charge in [-0.2, -0.15) is 0 Å². The Balaban J connectivity index is 1.73. The van der Waals surface area contributed by atoms with Crippen molar-refractivity contribution in [3.63, 3.8) is 0 Å². The van der Waals surface area contributed by atoms with Crippen LogP contribution in [0.15, 0.2) is 109 Å². The monoisotopic (exact) mass is 384 g/mol. The van der Waals surface area contributed by atoms with Gasteiger partial charge < -0.3 is 10.3 Å². The van der Waals surface area contributed by atoms with Gasteiger partial charge >= 0.3 is 0 Å². The van der Waals surface area contributed by atoms with E-state index in [4.69, 9.17) is 5.73 Å². The molecular weight excluding hydrogens is 364 g/mol. The Morgan fingerprint density at radius 3 is 1.70 bits per heavy atom. The quantitative estimate of drug-likeness (QED) is 0.315. The molecule has 0 fully saturated rings. The molecule has 5 aromatic carbocycles. The fourth-order valence-corrected chi connectivity index (χ4v) is 4.65. The Bertz CT molecular complexity index is 1500. The summed E-state index contributed by atoms with van der Waals surface area (Å²) in [4.78, 5) is 0. The van der Waals surface area contributed by atoms with Gasteiger partial charge in [0.05, 0.1) is 16.7 Å². The molecule has 6 rings (SSSR count). The molecule has 1 aromatic heterocycles. The maximum absolute atomic E-state index is 6.32. The molecule has 142 valence electrons. The van der Waals surface area contributed by atoms with E-state index in [9.17, 15) is 0 Å². The van der Waals surface area contributed by atoms with Crippen LogP contribution in [0.2, 0.25) is 0 Å². The second-order valence-corrected chi connectivity index (χ2v) is 7.63. The molecule has 0 unspecified atom stereocenters. The molecule has 0 saturated carbocycles. The number of nitrogens with zero attached hydrogens (tertiary/aromatic N) is 1. The largest absolute Gasteiger partial charge is 0.398 e. The molecule has 1 heterocycles. The van der Waals surface area contributed by atoms with Crippen molar-refractivity contribution in [1.82, 2.24) is 4.57 Å². The number of rotatable bonds is 2. The number of fused-ring (bicyclic) bond motifs is 4. The lowest BCUT2D eigenvalue weighted by Gasteiger charge is -2.15. The van der Waals surface area contributed by atoms with Crippen LogP contribution in [-0.2, 0) is 0 Å². The molecule has 2 nitrogen and oxygen atoms in total. The van der Waals surface area contributed by atoms with Gasteiger partial charge in [-0.25, -0.2) is 0 Å². The van der Waals surface area contributed by atoms with E-state index in [0.29, 0.717) is 0 Å². The number of anilines is 1. The maximum atomic E-state index is 6.32. The van der Waals surface area contributed by atoms with E-state index >= 15 is 0 Å². The minimum absolute atomic E-state index is 0.798. The van der Waals surface area contributed by atoms with Crippen LogP contribution in [0.5, 0.6) is 0 Å². The van der Waals surface area contributed by atoms with Crippen LogP contribution in [0.25, 0.3) is 49.4 Å². The lowest BCUT2D eigenvalue weighted by atomic mass is 9.96. The van der Waals surface area contributed by atoms with E-state index in [1.54, 1.807) is 0 Å². The van der Waals surface area contributed by atoms with E-state index in [1.807, 2.05) is 18.2 Å². The summed E-state index contributed by atoms with van der Waals surface area (Å²) in [7, 11) is 0. The Hall–Kier alpha value is -4.04. The van der Waals surface area contributed by atoms with Crippen molar-refractivity contribution < 1.29 is 0 Å². The van der Waals surface area contributed by atoms with Gasteiger partial charge in [0.1, 0.15) is 0 Å². The summed E-state index contributed by atoms with van der Waals surface area (Å²) in [6, 6.07) is 38.4. The van der Waals surface area contributed by atoms with E-state index in [2.05, 4.69) is 95.6 Å². The Morgan fingerprint density at radius 1 is 0.433 bits per heavy atom. The molecule has 0 radical (unpaired) electrons. The molecule has 30 heavy (non-hydrogen) atoms. The smallest absolute Gasteiger partial charge is 0.0541 e. The van der Waals surface area contributed by atoms with Gasteiger partial charge in [-0.05, 0) is 35.2 Å². The third-order valence-corrected chi connectivity index (χ3v) is 5.97. The van der Waals surface area contributed by atoms with Crippen LogP contribution in [-0.4, -0.2) is 4.57 Å². The highest BCUT2D eigenvalue weighted by molar-refractivity contribution is 6.11. The lowest BCUT2D eigenvalue weighted by Crippen LogP contribution is -1.96. The van der Waals surface area contributed by atoms with E-state index < -0.39 is 0 Å². The predicted octanol–water partition coefficient (Wildman–Crippen LogP) is 7.19. The molecule has 2 N–H and O–H groups in total. The van der Waals surface area contributed by atoms with Crippen molar-refractivity contribution in [3.05, 3.63) is 109 Å². The summed E-state index contributed by atoms with van der Waals surface area (Å²) in [6.45, 7) is 0. The summed E-state index contributed by atoms with van der Waals surface area (Å²) in [6.07, 6.45) is 0. The molecule has 0 atom stereocenters. The van der Waals surface area contributed by atoms with Crippen molar-refractivity contribution in [2.75, 3.05) is 5.73 Å². The number of hydrogen-bond donors (Lipinski definition) is 1. The van der Waals surface area contributed by atoms with Crippen molar-refractivity contribution in [1.29, 1.82) is 0 Å². The maximum Gasteiger partial charge on any atom is 0.0541 e. The van der Waals surface area contributed by atoms with Crippen LogP contribution in [0.3, 0.4) is 0 Å². The summed E-state index contributed by atoms with van der Waals surface area (Å²) >= 11 is 0. The summed E-state index contributed by atoms with van der Waals surface area (Å²) in [5.41, 5.74) is 13.0. The van der Waals surface area contributed by atoms with Crippen molar-refractivity contribution in [3.8, 4) is 16.8 Å². The Labute approximate surface area is 174 Å². The van der Waals surface area contributed by atoms with Gasteiger partial charge in [0.25, 0.3) is 0 Å². The predicted molar refractivity (Wildman–Crippen MR) is 128 cm³/mol. The second-order valence-electron chi connectivity index (χ2n) is 7.63. The minimum atomic E-state index is 0.798. The molecule has 0 aliphatic heterocycles. The van der Waals surface area contributed by atoms with Gasteiger partial charge in [0.15, 0.2) is 0 Å². The van der Waals surface area contributed by atoms with Crippen LogP contribution in [0.4, 0.5) is 5.69 Å². The number of benzene rings is 5.